The molecule has 11 heavy (non-hydrogen) atoms. The number of hydrogen-bond donors (Lipinski definition) is 1. The molecular formula is C8H9N3. The van der Waals surface area contributed by atoms with E-state index in [1.807, 2.05) is 0 Å². The molecule has 3 heteroatoms. The average Bonchev–Trinajstić information content (AvgIpc) is 2.50. The molecule has 1 N–H and O–H groups in total. The second kappa shape index (κ2) is 2.39. The Hall–Kier alpha value is -1.30. The summed E-state index contributed by atoms with van der Waals surface area (Å²) in [6, 6.07) is 2.29. The van der Waals surface area contributed by atoms with Crippen LogP contribution in [-0.4, -0.2) is 10.2 Å². The molecule has 0 saturated heterocycles. The second-order valence-electron chi connectivity index (χ2n) is 2.88. The van der Waals surface area contributed by atoms with Crippen LogP contribution in [0.25, 0.3) is 0 Å². The van der Waals surface area contributed by atoms with Crippen molar-refractivity contribution in [2.75, 3.05) is 0 Å². The zero-order valence-corrected chi connectivity index (χ0v) is 6.17. The van der Waals surface area contributed by atoms with Crippen molar-refractivity contribution in [2.24, 2.45) is 0 Å². The third kappa shape index (κ3) is 0.911. The SMILES string of the molecule is N#CC1CCCc2[nH]ncc21. The highest BCUT2D eigenvalue weighted by molar-refractivity contribution is 5.28. The van der Waals surface area contributed by atoms with Gasteiger partial charge in [-0.05, 0) is 19.3 Å². The molecule has 1 aliphatic carbocycles. The van der Waals surface area contributed by atoms with Crippen LogP contribution < -0.4 is 0 Å². The third-order valence-electron chi connectivity index (χ3n) is 2.20. The van der Waals surface area contributed by atoms with E-state index in [-0.39, 0.29) is 5.92 Å². The first-order valence-electron chi connectivity index (χ1n) is 3.83. The number of fused-ring (bicyclic) bond motifs is 1. The standard InChI is InChI=1S/C8H9N3/c9-4-6-2-1-3-8-7(6)5-10-11-8/h5-6H,1-3H2,(H,10,11). The van der Waals surface area contributed by atoms with Gasteiger partial charge in [0.1, 0.15) is 0 Å². The monoisotopic (exact) mass is 147 g/mol. The van der Waals surface area contributed by atoms with Crippen molar-refractivity contribution in [2.45, 2.75) is 25.2 Å². The summed E-state index contributed by atoms with van der Waals surface area (Å²) in [6.07, 6.45) is 4.92. The number of aromatic amines is 1. The molecule has 0 bridgehead atoms. The molecule has 2 rings (SSSR count). The largest absolute Gasteiger partial charge is 0.282 e. The molecule has 0 fully saturated rings. The molecule has 1 atom stereocenters. The van der Waals surface area contributed by atoms with Gasteiger partial charge in [-0.25, -0.2) is 0 Å². The molecule has 0 aromatic carbocycles. The van der Waals surface area contributed by atoms with Crippen LogP contribution in [0.1, 0.15) is 30.0 Å². The Kier molecular flexibility index (Phi) is 1.39. The van der Waals surface area contributed by atoms with Crippen LogP contribution in [0.4, 0.5) is 0 Å². The van der Waals surface area contributed by atoms with E-state index in [0.29, 0.717) is 0 Å². The lowest BCUT2D eigenvalue weighted by molar-refractivity contribution is 0.629. The first-order valence-corrected chi connectivity index (χ1v) is 3.83. The van der Waals surface area contributed by atoms with E-state index in [1.54, 1.807) is 6.20 Å². The van der Waals surface area contributed by atoms with Gasteiger partial charge in [0.25, 0.3) is 0 Å². The zero-order valence-electron chi connectivity index (χ0n) is 6.17. The molecule has 1 aliphatic rings. The second-order valence-corrected chi connectivity index (χ2v) is 2.88. The van der Waals surface area contributed by atoms with E-state index in [2.05, 4.69) is 16.3 Å². The molecule has 0 saturated carbocycles. The molecule has 56 valence electrons. The minimum Gasteiger partial charge on any atom is -0.282 e. The minimum atomic E-state index is 0.0810. The fourth-order valence-electron chi connectivity index (χ4n) is 1.60. The minimum absolute atomic E-state index is 0.0810. The van der Waals surface area contributed by atoms with Crippen LogP contribution >= 0.6 is 0 Å². The molecule has 1 unspecified atom stereocenters. The predicted molar refractivity (Wildman–Crippen MR) is 39.9 cm³/mol. The lowest BCUT2D eigenvalue weighted by Gasteiger charge is -2.14. The molecule has 3 nitrogen and oxygen atoms in total. The molecule has 1 aromatic heterocycles. The van der Waals surface area contributed by atoms with Gasteiger partial charge in [-0.15, -0.1) is 0 Å². The number of hydrogen-bond acceptors (Lipinski definition) is 2. The molecule has 1 aromatic rings. The molecule has 0 amide bonds. The Bertz CT molecular complexity index is 295. The van der Waals surface area contributed by atoms with Gasteiger partial charge >= 0.3 is 0 Å². The van der Waals surface area contributed by atoms with Gasteiger partial charge in [0.2, 0.25) is 0 Å². The van der Waals surface area contributed by atoms with Crippen molar-refractivity contribution in [3.8, 4) is 6.07 Å². The summed E-state index contributed by atoms with van der Waals surface area (Å²) in [4.78, 5) is 0. The van der Waals surface area contributed by atoms with E-state index in [9.17, 15) is 0 Å². The predicted octanol–water partition coefficient (Wildman–Crippen LogP) is 1.35. The van der Waals surface area contributed by atoms with Crippen LogP contribution in [0, 0.1) is 11.3 Å². The Morgan fingerprint density at radius 3 is 3.45 bits per heavy atom. The summed E-state index contributed by atoms with van der Waals surface area (Å²) < 4.78 is 0. The number of nitrogens with zero attached hydrogens (tertiary/aromatic N) is 2. The van der Waals surface area contributed by atoms with E-state index >= 15 is 0 Å². The highest BCUT2D eigenvalue weighted by Crippen LogP contribution is 2.28. The summed E-state index contributed by atoms with van der Waals surface area (Å²) in [6.45, 7) is 0. The zero-order chi connectivity index (χ0) is 7.68. The maximum absolute atomic E-state index is 8.76. The van der Waals surface area contributed by atoms with Crippen LogP contribution in [0.3, 0.4) is 0 Å². The topological polar surface area (TPSA) is 52.5 Å². The van der Waals surface area contributed by atoms with Crippen molar-refractivity contribution < 1.29 is 0 Å². The highest BCUT2D eigenvalue weighted by Gasteiger charge is 2.20. The van der Waals surface area contributed by atoms with Gasteiger partial charge in [-0.2, -0.15) is 10.4 Å². The van der Waals surface area contributed by atoms with Crippen molar-refractivity contribution in [3.05, 3.63) is 17.5 Å². The third-order valence-corrected chi connectivity index (χ3v) is 2.20. The Morgan fingerprint density at radius 2 is 2.64 bits per heavy atom. The van der Waals surface area contributed by atoms with E-state index in [1.165, 1.54) is 0 Å². The van der Waals surface area contributed by atoms with Crippen LogP contribution in [0.15, 0.2) is 6.20 Å². The first-order chi connectivity index (χ1) is 5.42. The van der Waals surface area contributed by atoms with Crippen molar-refractivity contribution >= 4 is 0 Å². The van der Waals surface area contributed by atoms with Crippen molar-refractivity contribution in [3.63, 3.8) is 0 Å². The fraction of sp³-hybridized carbons (Fsp3) is 0.500. The van der Waals surface area contributed by atoms with Gasteiger partial charge < -0.3 is 0 Å². The maximum atomic E-state index is 8.76. The summed E-state index contributed by atoms with van der Waals surface area (Å²) in [7, 11) is 0. The summed E-state index contributed by atoms with van der Waals surface area (Å²) >= 11 is 0. The van der Waals surface area contributed by atoms with Gasteiger partial charge in [0, 0.05) is 11.3 Å². The Morgan fingerprint density at radius 1 is 1.73 bits per heavy atom. The van der Waals surface area contributed by atoms with Gasteiger partial charge in [0.15, 0.2) is 0 Å². The Labute approximate surface area is 65.0 Å². The number of nitriles is 1. The van der Waals surface area contributed by atoms with E-state index in [4.69, 9.17) is 5.26 Å². The number of aryl methyl sites for hydroxylation is 1. The van der Waals surface area contributed by atoms with Crippen LogP contribution in [0.2, 0.25) is 0 Å². The molecule has 1 heterocycles. The number of aromatic nitrogens is 2. The van der Waals surface area contributed by atoms with Crippen LogP contribution in [0.5, 0.6) is 0 Å². The molecule has 0 spiro atoms. The van der Waals surface area contributed by atoms with Crippen molar-refractivity contribution in [1.29, 1.82) is 5.26 Å². The molecule has 0 radical (unpaired) electrons. The summed E-state index contributed by atoms with van der Waals surface area (Å²) in [5.41, 5.74) is 2.27. The number of nitrogens with one attached hydrogen (secondary N) is 1. The molecular weight excluding hydrogens is 138 g/mol. The number of H-pyrrole nitrogens is 1. The maximum Gasteiger partial charge on any atom is 0.0746 e. The van der Waals surface area contributed by atoms with Gasteiger partial charge in [0.05, 0.1) is 18.2 Å². The lowest BCUT2D eigenvalue weighted by Crippen LogP contribution is -2.06. The fourth-order valence-corrected chi connectivity index (χ4v) is 1.60. The first kappa shape index (κ1) is 6.41. The highest BCUT2D eigenvalue weighted by atomic mass is 15.1. The summed E-state index contributed by atoms with van der Waals surface area (Å²) in [5, 5.41) is 15.6. The number of rotatable bonds is 0. The van der Waals surface area contributed by atoms with Gasteiger partial charge in [-0.3, -0.25) is 5.10 Å². The normalized spacial score (nSPS) is 22.3. The van der Waals surface area contributed by atoms with E-state index in [0.717, 1.165) is 30.5 Å². The van der Waals surface area contributed by atoms with Crippen LogP contribution in [-0.2, 0) is 6.42 Å². The molecule has 0 aliphatic heterocycles. The smallest absolute Gasteiger partial charge is 0.0746 e. The Balaban J connectivity index is 2.41. The van der Waals surface area contributed by atoms with Crippen molar-refractivity contribution in [1.82, 2.24) is 10.2 Å². The van der Waals surface area contributed by atoms with Gasteiger partial charge in [-0.1, -0.05) is 0 Å². The quantitative estimate of drug-likeness (QED) is 0.602. The average molecular weight is 147 g/mol. The lowest BCUT2D eigenvalue weighted by atomic mass is 9.88. The summed E-state index contributed by atoms with van der Waals surface area (Å²) in [5.74, 6) is 0.0810. The van der Waals surface area contributed by atoms with E-state index < -0.39 is 0 Å².